The van der Waals surface area contributed by atoms with E-state index in [4.69, 9.17) is 5.53 Å². The Labute approximate surface area is 149 Å². The average molecular weight is 353 g/mol. The Balaban J connectivity index is 1.96. The molecule has 3 unspecified atom stereocenters. The summed E-state index contributed by atoms with van der Waals surface area (Å²) in [6.07, 6.45) is 1.39. The van der Waals surface area contributed by atoms with Crippen LogP contribution in [0.1, 0.15) is 53.9 Å². The molecule has 0 heterocycles. The van der Waals surface area contributed by atoms with E-state index in [1.165, 1.54) is 0 Å². The molecule has 2 aliphatic rings. The lowest BCUT2D eigenvalue weighted by molar-refractivity contribution is 0.399. The molecule has 0 amide bonds. The minimum Gasteiger partial charge on any atom is -0.504 e. The highest BCUT2D eigenvalue weighted by molar-refractivity contribution is 5.63. The van der Waals surface area contributed by atoms with Crippen LogP contribution in [0.15, 0.2) is 29.4 Å². The van der Waals surface area contributed by atoms with Crippen molar-refractivity contribution in [2.24, 2.45) is 5.11 Å². The molecule has 26 heavy (non-hydrogen) atoms. The second-order valence-corrected chi connectivity index (χ2v) is 7.36. The van der Waals surface area contributed by atoms with Gasteiger partial charge in [-0.15, -0.1) is 0 Å². The van der Waals surface area contributed by atoms with Crippen molar-refractivity contribution < 1.29 is 20.4 Å². The van der Waals surface area contributed by atoms with Gasteiger partial charge in [0.25, 0.3) is 0 Å². The Bertz CT molecular complexity index is 968. The molecule has 0 radical (unpaired) electrons. The summed E-state index contributed by atoms with van der Waals surface area (Å²) in [6.45, 7) is 2.31. The van der Waals surface area contributed by atoms with E-state index in [9.17, 15) is 20.4 Å². The van der Waals surface area contributed by atoms with Crippen molar-refractivity contribution in [3.8, 4) is 23.0 Å². The average Bonchev–Trinajstić information content (AvgIpc) is 3.03. The summed E-state index contributed by atoms with van der Waals surface area (Å²) in [5, 5.41) is 43.7. The van der Waals surface area contributed by atoms with E-state index in [0.29, 0.717) is 6.42 Å². The first-order valence-electron chi connectivity index (χ1n) is 8.51. The van der Waals surface area contributed by atoms with Gasteiger partial charge >= 0.3 is 0 Å². The third kappa shape index (κ3) is 2.10. The van der Waals surface area contributed by atoms with Crippen LogP contribution in [0.2, 0.25) is 0 Å². The Morgan fingerprint density at radius 1 is 0.962 bits per heavy atom. The fourth-order valence-electron chi connectivity index (χ4n) is 4.89. The van der Waals surface area contributed by atoms with Gasteiger partial charge < -0.3 is 20.4 Å². The predicted octanol–water partition coefficient (Wildman–Crippen LogP) is 4.10. The predicted molar refractivity (Wildman–Crippen MR) is 94.7 cm³/mol. The zero-order valence-corrected chi connectivity index (χ0v) is 14.2. The molecule has 7 nitrogen and oxygen atoms in total. The first kappa shape index (κ1) is 16.4. The standard InChI is InChI=1S/C19H19N3O4/c1-9-6-19(13-4-17(25)15(23)2-11(9)13)7-10(8-21-22-20)12-3-16(24)18(26)5-14(12)19/h2-5,9-10,23-26H,6-8H2,1H3. The summed E-state index contributed by atoms with van der Waals surface area (Å²) in [4.78, 5) is 2.85. The molecule has 134 valence electrons. The molecular formula is C19H19N3O4. The van der Waals surface area contributed by atoms with E-state index < -0.39 is 5.41 Å². The lowest BCUT2D eigenvalue weighted by atomic mass is 9.75. The summed E-state index contributed by atoms with van der Waals surface area (Å²) in [7, 11) is 0. The van der Waals surface area contributed by atoms with Crippen molar-refractivity contribution in [3.63, 3.8) is 0 Å². The number of aromatic hydroxyl groups is 4. The molecule has 0 fully saturated rings. The smallest absolute Gasteiger partial charge is 0.157 e. The van der Waals surface area contributed by atoms with Gasteiger partial charge in [0.15, 0.2) is 23.0 Å². The molecule has 7 heteroatoms. The molecule has 0 bridgehead atoms. The van der Waals surface area contributed by atoms with Crippen LogP contribution in [0.25, 0.3) is 10.4 Å². The third-order valence-corrected chi connectivity index (χ3v) is 5.91. The lowest BCUT2D eigenvalue weighted by Crippen LogP contribution is -2.22. The van der Waals surface area contributed by atoms with Crippen molar-refractivity contribution in [1.82, 2.24) is 0 Å². The number of azide groups is 1. The monoisotopic (exact) mass is 353 g/mol. The molecule has 2 aromatic rings. The number of benzene rings is 2. The third-order valence-electron chi connectivity index (χ3n) is 5.91. The minimum atomic E-state index is -0.462. The first-order chi connectivity index (χ1) is 12.4. The van der Waals surface area contributed by atoms with Crippen LogP contribution in [-0.2, 0) is 5.41 Å². The minimum absolute atomic E-state index is 0.0958. The number of phenols is 4. The SMILES string of the molecule is CC1CC2(CC(CN=[N+]=[N-])c3cc(O)c(O)cc32)c2cc(O)c(O)cc21. The van der Waals surface area contributed by atoms with Crippen LogP contribution >= 0.6 is 0 Å². The number of phenolic OH excluding ortho intramolecular Hbond substituents is 4. The van der Waals surface area contributed by atoms with Crippen molar-refractivity contribution >= 4 is 0 Å². The first-order valence-corrected chi connectivity index (χ1v) is 8.51. The maximum Gasteiger partial charge on any atom is 0.157 e. The molecule has 0 saturated heterocycles. The van der Waals surface area contributed by atoms with Gasteiger partial charge in [-0.1, -0.05) is 12.0 Å². The molecule has 1 spiro atoms. The summed E-state index contributed by atoms with van der Waals surface area (Å²) in [5.74, 6) is -0.673. The van der Waals surface area contributed by atoms with E-state index in [1.807, 2.05) is 0 Å². The molecule has 3 atom stereocenters. The number of fused-ring (bicyclic) bond motifs is 4. The second-order valence-electron chi connectivity index (χ2n) is 7.36. The van der Waals surface area contributed by atoms with Crippen molar-refractivity contribution in [2.75, 3.05) is 6.54 Å². The van der Waals surface area contributed by atoms with Gasteiger partial charge in [0.05, 0.1) is 0 Å². The van der Waals surface area contributed by atoms with E-state index in [1.54, 1.807) is 24.3 Å². The van der Waals surface area contributed by atoms with E-state index in [0.717, 1.165) is 28.7 Å². The van der Waals surface area contributed by atoms with Crippen LogP contribution in [-0.4, -0.2) is 27.0 Å². The number of rotatable bonds is 2. The number of nitrogens with zero attached hydrogens (tertiary/aromatic N) is 3. The largest absolute Gasteiger partial charge is 0.504 e. The Morgan fingerprint density at radius 3 is 2.12 bits per heavy atom. The quantitative estimate of drug-likeness (QED) is 0.280. The highest BCUT2D eigenvalue weighted by atomic mass is 16.3. The van der Waals surface area contributed by atoms with Gasteiger partial charge in [-0.3, -0.25) is 0 Å². The number of hydrogen-bond donors (Lipinski definition) is 4. The van der Waals surface area contributed by atoms with E-state index in [2.05, 4.69) is 16.9 Å². The Hall–Kier alpha value is -3.05. The Morgan fingerprint density at radius 2 is 1.50 bits per heavy atom. The van der Waals surface area contributed by atoms with Gasteiger partial charge in [-0.05, 0) is 76.7 Å². The van der Waals surface area contributed by atoms with Crippen LogP contribution in [0.4, 0.5) is 0 Å². The fourth-order valence-corrected chi connectivity index (χ4v) is 4.89. The molecule has 4 rings (SSSR count). The maximum atomic E-state index is 10.1. The normalized spacial score (nSPS) is 25.7. The van der Waals surface area contributed by atoms with E-state index >= 15 is 0 Å². The molecule has 0 saturated carbocycles. The van der Waals surface area contributed by atoms with Gasteiger partial charge in [0.1, 0.15) is 0 Å². The highest BCUT2D eigenvalue weighted by Crippen LogP contribution is 2.61. The van der Waals surface area contributed by atoms with Crippen LogP contribution in [0.5, 0.6) is 23.0 Å². The topological polar surface area (TPSA) is 130 Å². The van der Waals surface area contributed by atoms with Crippen molar-refractivity contribution in [2.45, 2.75) is 37.0 Å². The maximum absolute atomic E-state index is 10.1. The second kappa shape index (κ2) is 5.47. The molecule has 2 aromatic carbocycles. The number of hydrogen-bond acceptors (Lipinski definition) is 5. The summed E-state index contributed by atoms with van der Waals surface area (Å²) < 4.78 is 0. The van der Waals surface area contributed by atoms with Crippen molar-refractivity contribution in [1.29, 1.82) is 0 Å². The highest BCUT2D eigenvalue weighted by Gasteiger charge is 2.51. The molecule has 4 N–H and O–H groups in total. The van der Waals surface area contributed by atoms with Gasteiger partial charge in [-0.25, -0.2) is 0 Å². The molecule has 0 aliphatic heterocycles. The van der Waals surface area contributed by atoms with Gasteiger partial charge in [-0.2, -0.15) is 0 Å². The van der Waals surface area contributed by atoms with Gasteiger partial charge in [0, 0.05) is 16.9 Å². The van der Waals surface area contributed by atoms with Crippen molar-refractivity contribution in [3.05, 3.63) is 57.0 Å². The Kier molecular flexibility index (Phi) is 3.46. The molecule has 2 aliphatic carbocycles. The summed E-state index contributed by atoms with van der Waals surface area (Å²) in [6, 6.07) is 6.31. The molecular weight excluding hydrogens is 334 g/mol. The van der Waals surface area contributed by atoms with Crippen LogP contribution in [0.3, 0.4) is 0 Å². The summed E-state index contributed by atoms with van der Waals surface area (Å²) >= 11 is 0. The van der Waals surface area contributed by atoms with E-state index in [-0.39, 0.29) is 41.4 Å². The molecule has 0 aromatic heterocycles. The summed E-state index contributed by atoms with van der Waals surface area (Å²) in [5.41, 5.74) is 11.8. The van der Waals surface area contributed by atoms with Gasteiger partial charge in [0.2, 0.25) is 0 Å². The zero-order valence-electron chi connectivity index (χ0n) is 14.2. The lowest BCUT2D eigenvalue weighted by Gasteiger charge is -2.27. The van der Waals surface area contributed by atoms with Crippen LogP contribution < -0.4 is 0 Å². The fraction of sp³-hybridized carbons (Fsp3) is 0.368. The van der Waals surface area contributed by atoms with Crippen LogP contribution in [0, 0.1) is 0 Å². The zero-order chi connectivity index (χ0) is 18.6.